The Balaban J connectivity index is 2.24. The Bertz CT molecular complexity index is 553. The van der Waals surface area contributed by atoms with E-state index in [4.69, 9.17) is 0 Å². The number of nitro groups is 1. The average Bonchev–Trinajstić information content (AvgIpc) is 2.46. The van der Waals surface area contributed by atoms with Gasteiger partial charge in [-0.3, -0.25) is 14.9 Å². The topological polar surface area (TPSA) is 97.2 Å². The molecule has 1 amide bonds. The molecule has 1 fully saturated rings. The van der Waals surface area contributed by atoms with Gasteiger partial charge in [0.1, 0.15) is 12.0 Å². The summed E-state index contributed by atoms with van der Waals surface area (Å²) < 4.78 is 0. The molecule has 1 heterocycles. The number of carbonyl (C=O) groups is 1. The molecule has 0 spiro atoms. The largest absolute Gasteiger partial charge is 0.372 e. The zero-order valence-electron chi connectivity index (χ0n) is 12.3. The van der Waals surface area contributed by atoms with Gasteiger partial charge in [0.2, 0.25) is 0 Å². The molecule has 2 N–H and O–H groups in total. The first kappa shape index (κ1) is 15.2. The van der Waals surface area contributed by atoms with Crippen LogP contribution in [0.15, 0.2) is 12.3 Å². The Labute approximate surface area is 123 Å². The molecule has 1 aromatic heterocycles. The zero-order valence-corrected chi connectivity index (χ0v) is 12.3. The van der Waals surface area contributed by atoms with Gasteiger partial charge in [0.05, 0.1) is 10.5 Å². The Kier molecular flexibility index (Phi) is 4.40. The van der Waals surface area contributed by atoms with E-state index in [0.717, 1.165) is 31.9 Å². The van der Waals surface area contributed by atoms with Gasteiger partial charge >= 0.3 is 0 Å². The van der Waals surface area contributed by atoms with Gasteiger partial charge < -0.3 is 10.6 Å². The summed E-state index contributed by atoms with van der Waals surface area (Å²) in [6.45, 7) is 2.02. The summed E-state index contributed by atoms with van der Waals surface area (Å²) in [5, 5.41) is 16.7. The third kappa shape index (κ3) is 3.48. The Morgan fingerprint density at radius 3 is 2.62 bits per heavy atom. The van der Waals surface area contributed by atoms with E-state index in [9.17, 15) is 14.9 Å². The minimum Gasteiger partial charge on any atom is -0.372 e. The van der Waals surface area contributed by atoms with Crippen molar-refractivity contribution in [2.75, 3.05) is 12.4 Å². The molecular formula is C14H20N4O3. The number of amides is 1. The van der Waals surface area contributed by atoms with Crippen LogP contribution < -0.4 is 10.6 Å². The third-order valence-electron chi connectivity index (χ3n) is 3.94. The summed E-state index contributed by atoms with van der Waals surface area (Å²) >= 11 is 0. The van der Waals surface area contributed by atoms with Crippen molar-refractivity contribution in [2.45, 2.75) is 44.6 Å². The molecule has 1 aliphatic rings. The fraction of sp³-hybridized carbons (Fsp3) is 0.571. The number of pyridine rings is 1. The summed E-state index contributed by atoms with van der Waals surface area (Å²) in [5.74, 6) is 0.0254. The van der Waals surface area contributed by atoms with Crippen LogP contribution in [0.2, 0.25) is 0 Å². The van der Waals surface area contributed by atoms with Crippen molar-refractivity contribution in [2.24, 2.45) is 0 Å². The summed E-state index contributed by atoms with van der Waals surface area (Å²) in [4.78, 5) is 26.7. The molecule has 1 aromatic rings. The molecule has 1 saturated carbocycles. The normalized spacial score (nSPS) is 17.0. The molecule has 1 aliphatic carbocycles. The number of hydrogen-bond acceptors (Lipinski definition) is 5. The van der Waals surface area contributed by atoms with Crippen molar-refractivity contribution in [1.82, 2.24) is 10.3 Å². The molecule has 7 nitrogen and oxygen atoms in total. The molecule has 0 bridgehead atoms. The molecular weight excluding hydrogens is 272 g/mol. The van der Waals surface area contributed by atoms with Crippen LogP contribution in [0.25, 0.3) is 0 Å². The van der Waals surface area contributed by atoms with Crippen LogP contribution in [0.1, 0.15) is 49.4 Å². The Hall–Kier alpha value is -2.18. The van der Waals surface area contributed by atoms with Gasteiger partial charge in [-0.2, -0.15) is 0 Å². The van der Waals surface area contributed by atoms with Gasteiger partial charge in [0, 0.05) is 18.7 Å². The highest BCUT2D eigenvalue weighted by atomic mass is 16.6. The summed E-state index contributed by atoms with van der Waals surface area (Å²) in [6, 6.07) is 1.26. The molecule has 0 saturated heterocycles. The van der Waals surface area contributed by atoms with E-state index in [0.29, 0.717) is 5.82 Å². The summed E-state index contributed by atoms with van der Waals surface area (Å²) in [6.07, 6.45) is 6.36. The van der Waals surface area contributed by atoms with Crippen molar-refractivity contribution in [3.63, 3.8) is 0 Å². The molecule has 0 aliphatic heterocycles. The highest BCUT2D eigenvalue weighted by Crippen LogP contribution is 2.28. The van der Waals surface area contributed by atoms with E-state index >= 15 is 0 Å². The van der Waals surface area contributed by atoms with Crippen LogP contribution in [-0.2, 0) is 0 Å². The van der Waals surface area contributed by atoms with Gasteiger partial charge in [-0.1, -0.05) is 19.3 Å². The van der Waals surface area contributed by atoms with Gasteiger partial charge in [-0.15, -0.1) is 0 Å². The maximum absolute atomic E-state index is 12.5. The predicted octanol–water partition coefficient (Wildman–Crippen LogP) is 2.48. The van der Waals surface area contributed by atoms with E-state index < -0.39 is 4.92 Å². The van der Waals surface area contributed by atoms with Crippen LogP contribution in [-0.4, -0.2) is 28.4 Å². The lowest BCUT2D eigenvalue weighted by Crippen LogP contribution is -2.47. The van der Waals surface area contributed by atoms with Crippen LogP contribution in [0, 0.1) is 10.1 Å². The Morgan fingerprint density at radius 1 is 1.38 bits per heavy atom. The second-order valence-electron chi connectivity index (χ2n) is 5.67. The van der Waals surface area contributed by atoms with Crippen LogP contribution in [0.4, 0.5) is 11.5 Å². The van der Waals surface area contributed by atoms with Gasteiger partial charge in [0.15, 0.2) is 0 Å². The number of carbonyl (C=O) groups excluding carboxylic acids is 1. The van der Waals surface area contributed by atoms with E-state index in [2.05, 4.69) is 15.6 Å². The number of aromatic nitrogens is 1. The monoisotopic (exact) mass is 292 g/mol. The molecule has 2 rings (SSSR count). The number of hydrogen-bond donors (Lipinski definition) is 2. The lowest BCUT2D eigenvalue weighted by atomic mass is 9.83. The van der Waals surface area contributed by atoms with Gasteiger partial charge in [0.25, 0.3) is 11.6 Å². The number of rotatable bonds is 4. The van der Waals surface area contributed by atoms with E-state index in [-0.39, 0.29) is 22.7 Å². The Morgan fingerprint density at radius 2 is 2.05 bits per heavy atom. The quantitative estimate of drug-likeness (QED) is 0.656. The van der Waals surface area contributed by atoms with Gasteiger partial charge in [-0.25, -0.2) is 4.98 Å². The van der Waals surface area contributed by atoms with Crippen molar-refractivity contribution in [3.8, 4) is 0 Å². The van der Waals surface area contributed by atoms with Crippen LogP contribution in [0.3, 0.4) is 0 Å². The minimum atomic E-state index is -0.550. The van der Waals surface area contributed by atoms with E-state index in [1.807, 2.05) is 6.92 Å². The number of nitrogens with one attached hydrogen (secondary N) is 2. The molecule has 0 atom stereocenters. The number of anilines is 1. The van der Waals surface area contributed by atoms with E-state index in [1.165, 1.54) is 12.5 Å². The van der Waals surface area contributed by atoms with Crippen molar-refractivity contribution >= 4 is 17.4 Å². The standard InChI is InChI=1S/C14H20N4O3/c1-14(6-4-3-5-7-14)17-13(19)11-8-10(18(20)21)9-16-12(11)15-2/h8-9H,3-7H2,1-2H3,(H,15,16)(H,17,19). The summed E-state index contributed by atoms with van der Waals surface area (Å²) in [7, 11) is 1.63. The van der Waals surface area contributed by atoms with Crippen molar-refractivity contribution in [1.29, 1.82) is 0 Å². The first-order valence-corrected chi connectivity index (χ1v) is 7.10. The smallest absolute Gasteiger partial charge is 0.288 e. The van der Waals surface area contributed by atoms with Crippen LogP contribution in [0.5, 0.6) is 0 Å². The summed E-state index contributed by atoms with van der Waals surface area (Å²) in [5.41, 5.74) is -0.225. The zero-order chi connectivity index (χ0) is 15.5. The second kappa shape index (κ2) is 6.07. The maximum Gasteiger partial charge on any atom is 0.288 e. The second-order valence-corrected chi connectivity index (χ2v) is 5.67. The maximum atomic E-state index is 12.5. The highest BCUT2D eigenvalue weighted by Gasteiger charge is 2.30. The first-order valence-electron chi connectivity index (χ1n) is 7.10. The average molecular weight is 292 g/mol. The highest BCUT2D eigenvalue weighted by molar-refractivity contribution is 5.99. The fourth-order valence-electron chi connectivity index (χ4n) is 2.72. The minimum absolute atomic E-state index is 0.187. The molecule has 0 aromatic carbocycles. The molecule has 21 heavy (non-hydrogen) atoms. The van der Waals surface area contributed by atoms with Gasteiger partial charge in [-0.05, 0) is 19.8 Å². The fourth-order valence-corrected chi connectivity index (χ4v) is 2.72. The molecule has 7 heteroatoms. The lowest BCUT2D eigenvalue weighted by Gasteiger charge is -2.34. The first-order chi connectivity index (χ1) is 9.95. The molecule has 0 radical (unpaired) electrons. The molecule has 0 unspecified atom stereocenters. The van der Waals surface area contributed by atoms with Crippen molar-refractivity contribution in [3.05, 3.63) is 27.9 Å². The van der Waals surface area contributed by atoms with Crippen LogP contribution >= 0.6 is 0 Å². The van der Waals surface area contributed by atoms with Crippen molar-refractivity contribution < 1.29 is 9.72 Å². The predicted molar refractivity (Wildman–Crippen MR) is 79.4 cm³/mol. The SMILES string of the molecule is CNc1ncc([N+](=O)[O-])cc1C(=O)NC1(C)CCCCC1. The lowest BCUT2D eigenvalue weighted by molar-refractivity contribution is -0.385. The van der Waals surface area contributed by atoms with E-state index in [1.54, 1.807) is 7.05 Å². The molecule has 114 valence electrons. The third-order valence-corrected chi connectivity index (χ3v) is 3.94. The number of nitrogens with zero attached hydrogens (tertiary/aromatic N) is 2.